The Bertz CT molecular complexity index is 416. The average Bonchev–Trinajstić information content (AvgIpc) is 2.28. The number of carbonyl (C=O) groups is 1. The molecule has 0 aliphatic heterocycles. The van der Waals surface area contributed by atoms with Crippen molar-refractivity contribution in [2.45, 2.75) is 26.3 Å². The lowest BCUT2D eigenvalue weighted by Gasteiger charge is -2.29. The molecule has 1 aromatic carbocycles. The normalized spacial score (nSPS) is 13.8. The Morgan fingerprint density at radius 1 is 1.50 bits per heavy atom. The van der Waals surface area contributed by atoms with Gasteiger partial charge in [0.15, 0.2) is 0 Å². The van der Waals surface area contributed by atoms with Crippen LogP contribution < -0.4 is 10.6 Å². The molecule has 0 radical (unpaired) electrons. The summed E-state index contributed by atoms with van der Waals surface area (Å²) in [6, 6.07) is 8.07. The SMILES string of the molecule is CCOC(=O)C(C)(N)CN(C)c1cccc(C)c1. The number of hydrogen-bond donors (Lipinski definition) is 1. The Balaban J connectivity index is 2.75. The summed E-state index contributed by atoms with van der Waals surface area (Å²) in [6.45, 7) is 6.26. The zero-order valence-electron chi connectivity index (χ0n) is 11.6. The molecule has 4 nitrogen and oxygen atoms in total. The van der Waals surface area contributed by atoms with Gasteiger partial charge in [-0.2, -0.15) is 0 Å². The lowest BCUT2D eigenvalue weighted by Crippen LogP contribution is -2.54. The highest BCUT2D eigenvalue weighted by Gasteiger charge is 2.31. The molecular formula is C14H22N2O2. The van der Waals surface area contributed by atoms with Crippen molar-refractivity contribution in [1.29, 1.82) is 0 Å². The lowest BCUT2D eigenvalue weighted by atomic mass is 10.0. The standard InChI is InChI=1S/C14H22N2O2/c1-5-18-13(17)14(3,15)10-16(4)12-8-6-7-11(2)9-12/h6-9H,5,10,15H2,1-4H3. The summed E-state index contributed by atoms with van der Waals surface area (Å²) in [7, 11) is 1.92. The number of benzene rings is 1. The minimum Gasteiger partial charge on any atom is -0.465 e. The molecule has 0 saturated heterocycles. The van der Waals surface area contributed by atoms with E-state index in [1.54, 1.807) is 13.8 Å². The first-order valence-electron chi connectivity index (χ1n) is 6.10. The highest BCUT2D eigenvalue weighted by molar-refractivity contribution is 5.81. The van der Waals surface area contributed by atoms with Crippen LogP contribution in [0.5, 0.6) is 0 Å². The maximum absolute atomic E-state index is 11.7. The molecule has 0 aliphatic carbocycles. The first-order valence-corrected chi connectivity index (χ1v) is 6.10. The Kier molecular flexibility index (Phi) is 4.73. The Morgan fingerprint density at radius 3 is 2.72 bits per heavy atom. The van der Waals surface area contributed by atoms with Gasteiger partial charge in [-0.3, -0.25) is 0 Å². The molecule has 0 aromatic heterocycles. The van der Waals surface area contributed by atoms with Crippen molar-refractivity contribution in [3.8, 4) is 0 Å². The zero-order valence-corrected chi connectivity index (χ0v) is 11.6. The molecule has 0 spiro atoms. The van der Waals surface area contributed by atoms with Gasteiger partial charge in [-0.25, -0.2) is 4.79 Å². The van der Waals surface area contributed by atoms with Crippen LogP contribution >= 0.6 is 0 Å². The molecule has 0 bridgehead atoms. The van der Waals surface area contributed by atoms with Crippen molar-refractivity contribution in [2.24, 2.45) is 5.73 Å². The van der Waals surface area contributed by atoms with Crippen LogP contribution in [0.3, 0.4) is 0 Å². The molecule has 0 amide bonds. The van der Waals surface area contributed by atoms with E-state index in [0.717, 1.165) is 5.69 Å². The maximum atomic E-state index is 11.7. The molecule has 1 unspecified atom stereocenters. The number of likely N-dealkylation sites (N-methyl/N-ethyl adjacent to an activating group) is 1. The van der Waals surface area contributed by atoms with E-state index in [9.17, 15) is 4.79 Å². The smallest absolute Gasteiger partial charge is 0.327 e. The van der Waals surface area contributed by atoms with Gasteiger partial charge in [0.2, 0.25) is 0 Å². The van der Waals surface area contributed by atoms with Gasteiger partial charge in [0.1, 0.15) is 5.54 Å². The third-order valence-electron chi connectivity index (χ3n) is 2.75. The number of ether oxygens (including phenoxy) is 1. The summed E-state index contributed by atoms with van der Waals surface area (Å²) in [6.07, 6.45) is 0. The number of rotatable bonds is 5. The molecule has 4 heteroatoms. The van der Waals surface area contributed by atoms with Crippen LogP contribution in [0.25, 0.3) is 0 Å². The van der Waals surface area contributed by atoms with Crippen molar-refractivity contribution in [1.82, 2.24) is 0 Å². The minimum atomic E-state index is -1.01. The summed E-state index contributed by atoms with van der Waals surface area (Å²) < 4.78 is 4.98. The minimum absolute atomic E-state index is 0.347. The van der Waals surface area contributed by atoms with Crippen molar-refractivity contribution in [3.63, 3.8) is 0 Å². The van der Waals surface area contributed by atoms with Crippen LogP contribution in [-0.2, 0) is 9.53 Å². The molecular weight excluding hydrogens is 228 g/mol. The predicted octanol–water partition coefficient (Wildman–Crippen LogP) is 1.71. The fourth-order valence-corrected chi connectivity index (χ4v) is 1.81. The largest absolute Gasteiger partial charge is 0.465 e. The van der Waals surface area contributed by atoms with E-state index in [2.05, 4.69) is 6.07 Å². The van der Waals surface area contributed by atoms with E-state index >= 15 is 0 Å². The van der Waals surface area contributed by atoms with Gasteiger partial charge in [-0.1, -0.05) is 12.1 Å². The van der Waals surface area contributed by atoms with Crippen LogP contribution in [0.4, 0.5) is 5.69 Å². The van der Waals surface area contributed by atoms with Gasteiger partial charge in [-0.05, 0) is 38.5 Å². The number of nitrogens with zero attached hydrogens (tertiary/aromatic N) is 1. The van der Waals surface area contributed by atoms with E-state index in [1.807, 2.05) is 37.1 Å². The topological polar surface area (TPSA) is 55.6 Å². The maximum Gasteiger partial charge on any atom is 0.327 e. The highest BCUT2D eigenvalue weighted by atomic mass is 16.5. The monoisotopic (exact) mass is 250 g/mol. The molecule has 0 saturated carbocycles. The Morgan fingerprint density at radius 2 is 2.17 bits per heavy atom. The molecule has 2 N–H and O–H groups in total. The second-order valence-corrected chi connectivity index (χ2v) is 4.83. The van der Waals surface area contributed by atoms with Crippen LogP contribution in [-0.4, -0.2) is 31.7 Å². The van der Waals surface area contributed by atoms with E-state index in [1.165, 1.54) is 5.56 Å². The third-order valence-corrected chi connectivity index (χ3v) is 2.75. The van der Waals surface area contributed by atoms with Crippen LogP contribution in [0.1, 0.15) is 19.4 Å². The molecule has 0 aliphatic rings. The van der Waals surface area contributed by atoms with Gasteiger partial charge < -0.3 is 15.4 Å². The van der Waals surface area contributed by atoms with E-state index in [-0.39, 0.29) is 5.97 Å². The van der Waals surface area contributed by atoms with Crippen LogP contribution in [0, 0.1) is 6.92 Å². The summed E-state index contributed by atoms with van der Waals surface area (Å²) in [5, 5.41) is 0. The Labute approximate surface area is 109 Å². The molecule has 1 aromatic rings. The number of nitrogens with two attached hydrogens (primary N) is 1. The quantitative estimate of drug-likeness (QED) is 0.808. The van der Waals surface area contributed by atoms with Crippen LogP contribution in [0.15, 0.2) is 24.3 Å². The molecule has 100 valence electrons. The number of aryl methyl sites for hydroxylation is 1. The highest BCUT2D eigenvalue weighted by Crippen LogP contribution is 2.16. The third kappa shape index (κ3) is 3.74. The molecule has 1 rings (SSSR count). The van der Waals surface area contributed by atoms with Gasteiger partial charge in [0.25, 0.3) is 0 Å². The van der Waals surface area contributed by atoms with E-state index < -0.39 is 5.54 Å². The number of anilines is 1. The molecule has 18 heavy (non-hydrogen) atoms. The Hall–Kier alpha value is -1.55. The zero-order chi connectivity index (χ0) is 13.8. The van der Waals surface area contributed by atoms with Crippen molar-refractivity contribution in [3.05, 3.63) is 29.8 Å². The fourth-order valence-electron chi connectivity index (χ4n) is 1.81. The van der Waals surface area contributed by atoms with E-state index in [0.29, 0.717) is 13.2 Å². The van der Waals surface area contributed by atoms with Crippen molar-refractivity contribution in [2.75, 3.05) is 25.1 Å². The van der Waals surface area contributed by atoms with Gasteiger partial charge in [-0.15, -0.1) is 0 Å². The fraction of sp³-hybridized carbons (Fsp3) is 0.500. The lowest BCUT2D eigenvalue weighted by molar-refractivity contribution is -0.148. The summed E-state index contributed by atoms with van der Waals surface area (Å²) in [5.41, 5.74) is 7.21. The first kappa shape index (κ1) is 14.5. The average molecular weight is 250 g/mol. The summed E-state index contributed by atoms with van der Waals surface area (Å²) in [5.74, 6) is -0.371. The van der Waals surface area contributed by atoms with Crippen LogP contribution in [0.2, 0.25) is 0 Å². The number of carbonyl (C=O) groups excluding carboxylic acids is 1. The first-order chi connectivity index (χ1) is 8.36. The molecule has 0 heterocycles. The second kappa shape index (κ2) is 5.87. The van der Waals surface area contributed by atoms with Crippen molar-refractivity contribution >= 4 is 11.7 Å². The molecule has 0 fully saturated rings. The van der Waals surface area contributed by atoms with Gasteiger partial charge in [0.05, 0.1) is 6.61 Å². The second-order valence-electron chi connectivity index (χ2n) is 4.83. The number of hydrogen-bond acceptors (Lipinski definition) is 4. The van der Waals surface area contributed by atoms with Gasteiger partial charge >= 0.3 is 5.97 Å². The van der Waals surface area contributed by atoms with Gasteiger partial charge in [0, 0.05) is 19.3 Å². The van der Waals surface area contributed by atoms with E-state index in [4.69, 9.17) is 10.5 Å². The predicted molar refractivity (Wildman–Crippen MR) is 73.7 cm³/mol. The van der Waals surface area contributed by atoms with Crippen molar-refractivity contribution < 1.29 is 9.53 Å². The summed E-state index contributed by atoms with van der Waals surface area (Å²) in [4.78, 5) is 13.7. The summed E-state index contributed by atoms with van der Waals surface area (Å²) >= 11 is 0. The number of esters is 1. The molecule has 1 atom stereocenters.